The third-order valence-electron chi connectivity index (χ3n) is 4.16. The Bertz CT molecular complexity index is 507. The van der Waals surface area contributed by atoms with Crippen molar-refractivity contribution in [3.8, 4) is 0 Å². The predicted octanol–water partition coefficient (Wildman–Crippen LogP) is 3.41. The van der Waals surface area contributed by atoms with Crippen molar-refractivity contribution in [2.75, 3.05) is 6.61 Å². The summed E-state index contributed by atoms with van der Waals surface area (Å²) in [6, 6.07) is 0. The van der Waals surface area contributed by atoms with E-state index in [1.54, 1.807) is 0 Å². The minimum atomic E-state index is -6.27. The van der Waals surface area contributed by atoms with Gasteiger partial charge in [0.15, 0.2) is 0 Å². The van der Waals surface area contributed by atoms with E-state index in [9.17, 15) is 39.9 Å². The van der Waals surface area contributed by atoms with Crippen molar-refractivity contribution in [1.29, 1.82) is 0 Å². The molecule has 0 spiro atoms. The molecule has 3 unspecified atom stereocenters. The Hall–Kier alpha value is -1.39. The number of allylic oxidation sites excluding steroid dienone is 2. The number of fused-ring (bicyclic) bond motifs is 2. The lowest BCUT2D eigenvalue weighted by molar-refractivity contribution is -0.412. The maximum absolute atomic E-state index is 14.1. The van der Waals surface area contributed by atoms with Crippen molar-refractivity contribution >= 4 is 5.97 Å². The van der Waals surface area contributed by atoms with Gasteiger partial charge in [0.2, 0.25) is 0 Å². The molecule has 0 aromatic carbocycles. The number of carbonyl (C=O) groups is 1. The minimum Gasteiger partial charge on any atom is -0.480 e. The van der Waals surface area contributed by atoms with Gasteiger partial charge in [-0.2, -0.15) is 26.3 Å². The summed E-state index contributed by atoms with van der Waals surface area (Å²) in [5.74, 6) is -13.2. The summed E-state index contributed by atoms with van der Waals surface area (Å²) in [5, 5.41) is 8.35. The van der Waals surface area contributed by atoms with Crippen LogP contribution in [-0.4, -0.2) is 41.6 Å². The third-order valence-corrected chi connectivity index (χ3v) is 4.16. The second kappa shape index (κ2) is 5.05. The van der Waals surface area contributed by atoms with Crippen molar-refractivity contribution < 1.29 is 49.8 Å². The zero-order valence-electron chi connectivity index (χ0n) is 11.1. The van der Waals surface area contributed by atoms with E-state index in [-0.39, 0.29) is 0 Å². The zero-order valence-corrected chi connectivity index (χ0v) is 11.1. The van der Waals surface area contributed by atoms with Crippen LogP contribution < -0.4 is 0 Å². The van der Waals surface area contributed by atoms with Crippen LogP contribution in [0.3, 0.4) is 0 Å². The number of carboxylic acid groups (broad SMARTS) is 1. The molecular weight excluding hydrogens is 344 g/mol. The topological polar surface area (TPSA) is 46.5 Å². The van der Waals surface area contributed by atoms with Crippen LogP contribution in [0.4, 0.5) is 35.1 Å². The quantitative estimate of drug-likeness (QED) is 0.622. The Morgan fingerprint density at radius 1 is 1.13 bits per heavy atom. The molecule has 0 radical (unpaired) electrons. The standard InChI is InChI=1S/C12H10F8O3/c13-9(14)6-2-1-5(3-6)8(9)10(11(15,16)17,12(18,19)20)23-4-7(21)22/h1-2,5-6,8H,3-4H2,(H,21,22). The highest BCUT2D eigenvalue weighted by atomic mass is 19.4. The summed E-state index contributed by atoms with van der Waals surface area (Å²) in [6.45, 7) is -2.01. The van der Waals surface area contributed by atoms with Gasteiger partial charge in [0.1, 0.15) is 6.61 Å². The third kappa shape index (κ3) is 2.48. The van der Waals surface area contributed by atoms with E-state index in [4.69, 9.17) is 5.11 Å². The molecule has 0 aromatic rings. The molecule has 0 heterocycles. The van der Waals surface area contributed by atoms with E-state index in [2.05, 4.69) is 4.74 Å². The van der Waals surface area contributed by atoms with Crippen LogP contribution in [0.5, 0.6) is 0 Å². The monoisotopic (exact) mass is 354 g/mol. The second-order valence-corrected chi connectivity index (χ2v) is 5.46. The summed E-state index contributed by atoms with van der Waals surface area (Å²) < 4.78 is 111. The molecule has 3 atom stereocenters. The lowest BCUT2D eigenvalue weighted by Gasteiger charge is -2.45. The number of rotatable bonds is 4. The Morgan fingerprint density at radius 2 is 1.65 bits per heavy atom. The lowest BCUT2D eigenvalue weighted by atomic mass is 9.74. The number of hydrogen-bond acceptors (Lipinski definition) is 2. The van der Waals surface area contributed by atoms with Crippen molar-refractivity contribution in [3.63, 3.8) is 0 Å². The molecule has 2 aliphatic carbocycles. The van der Waals surface area contributed by atoms with Gasteiger partial charge in [-0.25, -0.2) is 13.6 Å². The molecule has 2 bridgehead atoms. The molecule has 0 amide bonds. The molecule has 3 nitrogen and oxygen atoms in total. The Labute approximate surface area is 123 Å². The van der Waals surface area contributed by atoms with E-state index >= 15 is 0 Å². The SMILES string of the molecule is O=C(O)COC(C1C2C=CC(C2)C1(F)F)(C(F)(F)F)C(F)(F)F. The number of carboxylic acids is 1. The molecule has 1 fully saturated rings. The first-order valence-electron chi connectivity index (χ1n) is 6.30. The second-order valence-electron chi connectivity index (χ2n) is 5.46. The molecule has 1 N–H and O–H groups in total. The largest absolute Gasteiger partial charge is 0.480 e. The number of aliphatic carboxylic acids is 1. The highest BCUT2D eigenvalue weighted by Gasteiger charge is 2.83. The first-order chi connectivity index (χ1) is 10.2. The maximum Gasteiger partial charge on any atom is 0.427 e. The van der Waals surface area contributed by atoms with Gasteiger partial charge >= 0.3 is 18.3 Å². The van der Waals surface area contributed by atoms with Gasteiger partial charge in [0.25, 0.3) is 11.5 Å². The zero-order chi connectivity index (χ0) is 17.8. The van der Waals surface area contributed by atoms with Crippen LogP contribution in [0, 0.1) is 17.8 Å². The van der Waals surface area contributed by atoms with Gasteiger partial charge in [-0.05, 0) is 12.3 Å². The molecule has 23 heavy (non-hydrogen) atoms. The van der Waals surface area contributed by atoms with E-state index in [1.165, 1.54) is 0 Å². The van der Waals surface area contributed by atoms with Gasteiger partial charge in [-0.1, -0.05) is 12.2 Å². The molecular formula is C12H10F8O3. The normalized spacial score (nSPS) is 30.0. The van der Waals surface area contributed by atoms with E-state index in [0.717, 1.165) is 12.2 Å². The van der Waals surface area contributed by atoms with Gasteiger partial charge in [0, 0.05) is 5.92 Å². The molecule has 1 saturated carbocycles. The van der Waals surface area contributed by atoms with Gasteiger partial charge in [-0.3, -0.25) is 0 Å². The van der Waals surface area contributed by atoms with Gasteiger partial charge in [-0.15, -0.1) is 0 Å². The number of ether oxygens (including phenoxy) is 1. The van der Waals surface area contributed by atoms with E-state index in [1.807, 2.05) is 0 Å². The Balaban J connectivity index is 2.61. The Kier molecular flexibility index (Phi) is 3.94. The molecule has 132 valence electrons. The van der Waals surface area contributed by atoms with Gasteiger partial charge < -0.3 is 9.84 Å². The molecule has 0 aliphatic heterocycles. The van der Waals surface area contributed by atoms with E-state index in [0.29, 0.717) is 0 Å². The Morgan fingerprint density at radius 3 is 2.00 bits per heavy atom. The summed E-state index contributed by atoms with van der Waals surface area (Å²) in [5.41, 5.74) is -5.26. The predicted molar refractivity (Wildman–Crippen MR) is 57.6 cm³/mol. The highest BCUT2D eigenvalue weighted by molar-refractivity contribution is 5.68. The molecule has 2 rings (SSSR count). The lowest BCUT2D eigenvalue weighted by Crippen LogP contribution is -2.68. The van der Waals surface area contributed by atoms with E-state index < -0.39 is 60.6 Å². The minimum absolute atomic E-state index is 0.581. The fourth-order valence-electron chi connectivity index (χ4n) is 3.29. The molecule has 11 heteroatoms. The maximum atomic E-state index is 14.1. The van der Waals surface area contributed by atoms with Crippen LogP contribution in [0.25, 0.3) is 0 Å². The summed E-state index contributed by atoms with van der Waals surface area (Å²) in [7, 11) is 0. The molecule has 2 aliphatic rings. The van der Waals surface area contributed by atoms with Crippen molar-refractivity contribution in [3.05, 3.63) is 12.2 Å². The van der Waals surface area contributed by atoms with Crippen LogP contribution in [-0.2, 0) is 9.53 Å². The smallest absolute Gasteiger partial charge is 0.427 e. The molecule has 0 saturated heterocycles. The van der Waals surface area contributed by atoms with Crippen molar-refractivity contribution in [2.45, 2.75) is 30.3 Å². The average Bonchev–Trinajstić information content (AvgIpc) is 2.86. The van der Waals surface area contributed by atoms with Crippen LogP contribution >= 0.6 is 0 Å². The van der Waals surface area contributed by atoms with Crippen LogP contribution in [0.2, 0.25) is 0 Å². The summed E-state index contributed by atoms with van der Waals surface area (Å²) in [4.78, 5) is 10.4. The number of alkyl halides is 8. The summed E-state index contributed by atoms with van der Waals surface area (Å²) >= 11 is 0. The number of halogens is 8. The first kappa shape index (κ1) is 18.0. The number of hydrogen-bond donors (Lipinski definition) is 1. The average molecular weight is 354 g/mol. The van der Waals surface area contributed by atoms with Gasteiger partial charge in [0.05, 0.1) is 5.92 Å². The van der Waals surface area contributed by atoms with Crippen molar-refractivity contribution in [1.82, 2.24) is 0 Å². The van der Waals surface area contributed by atoms with Crippen LogP contribution in [0.15, 0.2) is 12.2 Å². The fourth-order valence-corrected chi connectivity index (χ4v) is 3.29. The summed E-state index contributed by atoms with van der Waals surface area (Å²) in [6.07, 6.45) is -11.4. The van der Waals surface area contributed by atoms with Crippen molar-refractivity contribution in [2.24, 2.45) is 17.8 Å². The van der Waals surface area contributed by atoms with Crippen LogP contribution in [0.1, 0.15) is 6.42 Å². The molecule has 0 aromatic heterocycles. The first-order valence-corrected chi connectivity index (χ1v) is 6.30. The highest BCUT2D eigenvalue weighted by Crippen LogP contribution is 2.64. The fraction of sp³-hybridized carbons (Fsp3) is 0.750.